The highest BCUT2D eigenvalue weighted by atomic mass is 32.1. The lowest BCUT2D eigenvalue weighted by Crippen LogP contribution is -2.41. The predicted octanol–water partition coefficient (Wildman–Crippen LogP) is 2.07. The van der Waals surface area contributed by atoms with Gasteiger partial charge in [-0.05, 0) is 50.7 Å². The van der Waals surface area contributed by atoms with Gasteiger partial charge in [0.25, 0.3) is 0 Å². The molecule has 0 spiro atoms. The molecule has 2 atom stereocenters. The van der Waals surface area contributed by atoms with Crippen LogP contribution < -0.4 is 10.6 Å². The molecule has 0 bridgehead atoms. The zero-order chi connectivity index (χ0) is 11.8. The second kappa shape index (κ2) is 7.85. The summed E-state index contributed by atoms with van der Waals surface area (Å²) in [6, 6.07) is 0.585. The Kier molecular flexibility index (Phi) is 6.73. The first-order valence-electron chi connectivity index (χ1n) is 6.34. The van der Waals surface area contributed by atoms with Crippen molar-refractivity contribution in [3.8, 4) is 0 Å². The van der Waals surface area contributed by atoms with Gasteiger partial charge in [-0.3, -0.25) is 0 Å². The van der Waals surface area contributed by atoms with E-state index in [9.17, 15) is 0 Å². The molecule has 0 saturated heterocycles. The van der Waals surface area contributed by atoms with Gasteiger partial charge in [0, 0.05) is 25.8 Å². The molecule has 0 amide bonds. The van der Waals surface area contributed by atoms with Crippen LogP contribution in [0.25, 0.3) is 0 Å². The van der Waals surface area contributed by atoms with Crippen molar-refractivity contribution in [3.63, 3.8) is 0 Å². The summed E-state index contributed by atoms with van der Waals surface area (Å²) in [4.78, 5) is 0. The summed E-state index contributed by atoms with van der Waals surface area (Å²) in [7, 11) is 0. The molecule has 0 aliphatic heterocycles. The normalized spacial score (nSPS) is 24.4. The molecular formula is C12H24N2OS. The molecular weight excluding hydrogens is 220 g/mol. The van der Waals surface area contributed by atoms with E-state index in [-0.39, 0.29) is 0 Å². The minimum atomic E-state index is 0.585. The first-order chi connectivity index (χ1) is 7.72. The van der Waals surface area contributed by atoms with E-state index in [0.29, 0.717) is 6.04 Å². The molecule has 0 aromatic carbocycles. The van der Waals surface area contributed by atoms with Gasteiger partial charge in [0.1, 0.15) is 0 Å². The molecule has 2 N–H and O–H groups in total. The van der Waals surface area contributed by atoms with E-state index in [1.807, 2.05) is 6.92 Å². The topological polar surface area (TPSA) is 33.3 Å². The second-order valence-electron chi connectivity index (χ2n) is 4.57. The fourth-order valence-electron chi connectivity index (χ4n) is 2.10. The molecule has 1 fully saturated rings. The van der Waals surface area contributed by atoms with Crippen LogP contribution >= 0.6 is 12.2 Å². The van der Waals surface area contributed by atoms with Crippen LogP contribution in [-0.2, 0) is 4.74 Å². The van der Waals surface area contributed by atoms with Gasteiger partial charge >= 0.3 is 0 Å². The molecule has 0 aromatic heterocycles. The Morgan fingerprint density at radius 2 is 2.25 bits per heavy atom. The zero-order valence-electron chi connectivity index (χ0n) is 10.4. The third-order valence-corrected chi connectivity index (χ3v) is 3.25. The molecule has 94 valence electrons. The zero-order valence-corrected chi connectivity index (χ0v) is 11.2. The van der Waals surface area contributed by atoms with Gasteiger partial charge in [0.2, 0.25) is 0 Å². The standard InChI is InChI=1S/C12H24N2OS/c1-3-15-8-4-7-13-12(16)14-11-6-5-10(2)9-11/h10-11H,3-9H2,1-2H3,(H2,13,14,16). The summed E-state index contributed by atoms with van der Waals surface area (Å²) in [6.45, 7) is 6.82. The third kappa shape index (κ3) is 5.66. The molecule has 1 rings (SSSR count). The fourth-order valence-corrected chi connectivity index (χ4v) is 2.36. The molecule has 0 radical (unpaired) electrons. The first kappa shape index (κ1) is 13.7. The van der Waals surface area contributed by atoms with Gasteiger partial charge in [0.05, 0.1) is 0 Å². The van der Waals surface area contributed by atoms with Gasteiger partial charge in [-0.2, -0.15) is 0 Å². The Morgan fingerprint density at radius 1 is 1.44 bits per heavy atom. The van der Waals surface area contributed by atoms with E-state index >= 15 is 0 Å². The Labute approximate surface area is 104 Å². The number of thiocarbonyl (C=S) groups is 1. The quantitative estimate of drug-likeness (QED) is 0.553. The number of nitrogens with one attached hydrogen (secondary N) is 2. The highest BCUT2D eigenvalue weighted by molar-refractivity contribution is 7.80. The highest BCUT2D eigenvalue weighted by Gasteiger charge is 2.21. The van der Waals surface area contributed by atoms with Crippen molar-refractivity contribution < 1.29 is 4.74 Å². The molecule has 1 aliphatic rings. The van der Waals surface area contributed by atoms with Crippen molar-refractivity contribution in [2.24, 2.45) is 5.92 Å². The maximum atomic E-state index is 5.26. The summed E-state index contributed by atoms with van der Waals surface area (Å²) in [5, 5.41) is 7.40. The fraction of sp³-hybridized carbons (Fsp3) is 0.917. The Hall–Kier alpha value is -0.350. The maximum absolute atomic E-state index is 5.26. The maximum Gasteiger partial charge on any atom is 0.166 e. The molecule has 1 aliphatic carbocycles. The van der Waals surface area contributed by atoms with E-state index in [1.54, 1.807) is 0 Å². The number of hydrogen-bond donors (Lipinski definition) is 2. The van der Waals surface area contributed by atoms with Crippen molar-refractivity contribution in [1.29, 1.82) is 0 Å². The lowest BCUT2D eigenvalue weighted by Gasteiger charge is -2.16. The van der Waals surface area contributed by atoms with E-state index in [0.717, 1.165) is 37.2 Å². The largest absolute Gasteiger partial charge is 0.382 e. The molecule has 2 unspecified atom stereocenters. The minimum Gasteiger partial charge on any atom is -0.382 e. The van der Waals surface area contributed by atoms with Crippen molar-refractivity contribution >= 4 is 17.3 Å². The van der Waals surface area contributed by atoms with E-state index in [1.165, 1.54) is 19.3 Å². The van der Waals surface area contributed by atoms with E-state index < -0.39 is 0 Å². The monoisotopic (exact) mass is 244 g/mol. The Morgan fingerprint density at radius 3 is 2.88 bits per heavy atom. The Bertz CT molecular complexity index is 211. The average molecular weight is 244 g/mol. The van der Waals surface area contributed by atoms with Crippen molar-refractivity contribution in [2.75, 3.05) is 19.8 Å². The summed E-state index contributed by atoms with van der Waals surface area (Å²) >= 11 is 5.24. The minimum absolute atomic E-state index is 0.585. The van der Waals surface area contributed by atoms with Crippen LogP contribution in [0.3, 0.4) is 0 Å². The lowest BCUT2D eigenvalue weighted by atomic mass is 10.1. The van der Waals surface area contributed by atoms with E-state index in [2.05, 4.69) is 17.6 Å². The average Bonchev–Trinajstić information content (AvgIpc) is 2.63. The molecule has 0 aromatic rings. The van der Waals surface area contributed by atoms with Crippen LogP contribution in [0, 0.1) is 5.92 Å². The van der Waals surface area contributed by atoms with Crippen LogP contribution in [0.4, 0.5) is 0 Å². The van der Waals surface area contributed by atoms with E-state index in [4.69, 9.17) is 17.0 Å². The predicted molar refractivity (Wildman–Crippen MR) is 71.6 cm³/mol. The number of ether oxygens (including phenoxy) is 1. The summed E-state index contributed by atoms with van der Waals surface area (Å²) in [5.41, 5.74) is 0. The van der Waals surface area contributed by atoms with Gasteiger partial charge in [-0.15, -0.1) is 0 Å². The summed E-state index contributed by atoms with van der Waals surface area (Å²) in [6.07, 6.45) is 4.84. The Balaban J connectivity index is 1.98. The van der Waals surface area contributed by atoms with Gasteiger partial charge in [-0.1, -0.05) is 6.92 Å². The molecule has 0 heterocycles. The van der Waals surface area contributed by atoms with Gasteiger partial charge in [0.15, 0.2) is 5.11 Å². The number of rotatable bonds is 6. The molecule has 1 saturated carbocycles. The smallest absolute Gasteiger partial charge is 0.166 e. The summed E-state index contributed by atoms with van der Waals surface area (Å²) < 4.78 is 5.26. The van der Waals surface area contributed by atoms with Crippen molar-refractivity contribution in [2.45, 2.75) is 45.6 Å². The third-order valence-electron chi connectivity index (χ3n) is 2.99. The SMILES string of the molecule is CCOCCCNC(=S)NC1CCC(C)C1. The van der Waals surface area contributed by atoms with Crippen LogP contribution in [0.15, 0.2) is 0 Å². The summed E-state index contributed by atoms with van der Waals surface area (Å²) in [5.74, 6) is 0.846. The van der Waals surface area contributed by atoms with Crippen LogP contribution in [0.1, 0.15) is 39.5 Å². The van der Waals surface area contributed by atoms with Gasteiger partial charge < -0.3 is 15.4 Å². The molecule has 3 nitrogen and oxygen atoms in total. The second-order valence-corrected chi connectivity index (χ2v) is 4.97. The molecule has 16 heavy (non-hydrogen) atoms. The molecule has 4 heteroatoms. The first-order valence-corrected chi connectivity index (χ1v) is 6.75. The van der Waals surface area contributed by atoms with Gasteiger partial charge in [-0.25, -0.2) is 0 Å². The highest BCUT2D eigenvalue weighted by Crippen LogP contribution is 2.24. The number of hydrogen-bond acceptors (Lipinski definition) is 2. The van der Waals surface area contributed by atoms with Crippen LogP contribution in [-0.4, -0.2) is 30.9 Å². The van der Waals surface area contributed by atoms with Crippen LogP contribution in [0.2, 0.25) is 0 Å². The lowest BCUT2D eigenvalue weighted by molar-refractivity contribution is 0.145. The van der Waals surface area contributed by atoms with Crippen molar-refractivity contribution in [1.82, 2.24) is 10.6 Å². The van der Waals surface area contributed by atoms with Crippen molar-refractivity contribution in [3.05, 3.63) is 0 Å². The van der Waals surface area contributed by atoms with Crippen LogP contribution in [0.5, 0.6) is 0 Å².